The summed E-state index contributed by atoms with van der Waals surface area (Å²) in [6.07, 6.45) is -2.45. The van der Waals surface area contributed by atoms with Gasteiger partial charge in [-0.05, 0) is 6.92 Å². The molecule has 2 rings (SSSR count). The maximum Gasteiger partial charge on any atom is 0.244 e. The van der Waals surface area contributed by atoms with Crippen molar-refractivity contribution in [1.82, 2.24) is 14.7 Å². The summed E-state index contributed by atoms with van der Waals surface area (Å²) in [6.45, 7) is 1.70. The van der Waals surface area contributed by atoms with Crippen LogP contribution in [0.1, 0.15) is 5.69 Å². The van der Waals surface area contributed by atoms with Gasteiger partial charge in [-0.2, -0.15) is 5.10 Å². The smallest absolute Gasteiger partial charge is 0.244 e. The quantitative estimate of drug-likeness (QED) is 0.719. The maximum atomic E-state index is 13.1. The first-order valence-corrected chi connectivity index (χ1v) is 5.37. The predicted octanol–water partition coefficient (Wildman–Crippen LogP) is -0.685. The third-order valence-electron chi connectivity index (χ3n) is 2.79. The molecule has 3 N–H and O–H groups in total. The fourth-order valence-corrected chi connectivity index (χ4v) is 1.87. The molecule has 0 unspecified atom stereocenters. The van der Waals surface area contributed by atoms with E-state index in [0.717, 1.165) is 5.69 Å². The van der Waals surface area contributed by atoms with E-state index in [0.29, 0.717) is 5.82 Å². The van der Waals surface area contributed by atoms with Crippen molar-refractivity contribution in [3.8, 4) is 0 Å². The summed E-state index contributed by atoms with van der Waals surface area (Å²) in [4.78, 5) is 13.1. The van der Waals surface area contributed by atoms with E-state index in [4.69, 9.17) is 5.73 Å². The molecule has 1 saturated heterocycles. The molecule has 1 aromatic heterocycles. The highest BCUT2D eigenvalue weighted by atomic mass is 19.1. The predicted molar refractivity (Wildman–Crippen MR) is 58.9 cm³/mol. The second-order valence-corrected chi connectivity index (χ2v) is 4.25. The van der Waals surface area contributed by atoms with Gasteiger partial charge in [0.05, 0.1) is 12.2 Å². The van der Waals surface area contributed by atoms with Crippen molar-refractivity contribution >= 4 is 11.7 Å². The number of likely N-dealkylation sites (tertiary alicyclic amines) is 1. The fraction of sp³-hybridized carbons (Fsp3) is 0.600. The fourth-order valence-electron chi connectivity index (χ4n) is 1.87. The summed E-state index contributed by atoms with van der Waals surface area (Å²) in [5.74, 6) is 0.103. The molecule has 1 amide bonds. The lowest BCUT2D eigenvalue weighted by molar-refractivity contribution is -0.131. The molecule has 1 aliphatic heterocycles. The zero-order chi connectivity index (χ0) is 12.6. The Labute approximate surface area is 97.8 Å². The minimum absolute atomic E-state index is 0.0279. The highest BCUT2D eigenvalue weighted by Crippen LogP contribution is 2.14. The maximum absolute atomic E-state index is 13.1. The molecule has 0 aromatic carbocycles. The molecule has 6 nitrogen and oxygen atoms in total. The zero-order valence-corrected chi connectivity index (χ0v) is 9.51. The van der Waals surface area contributed by atoms with Crippen LogP contribution in [0.4, 0.5) is 10.2 Å². The molecule has 0 bridgehead atoms. The second kappa shape index (κ2) is 4.33. The molecule has 1 aromatic rings. The van der Waals surface area contributed by atoms with E-state index in [1.807, 2.05) is 0 Å². The zero-order valence-electron chi connectivity index (χ0n) is 9.51. The summed E-state index contributed by atoms with van der Waals surface area (Å²) in [7, 11) is 0. The molecule has 1 fully saturated rings. The van der Waals surface area contributed by atoms with Crippen LogP contribution in [0, 0.1) is 6.92 Å². The van der Waals surface area contributed by atoms with Crippen molar-refractivity contribution < 1.29 is 14.3 Å². The van der Waals surface area contributed by atoms with Crippen LogP contribution in [0.5, 0.6) is 0 Å². The molecular weight excluding hydrogens is 227 g/mol. The average Bonchev–Trinajstić information content (AvgIpc) is 2.72. The number of aryl methyl sites for hydroxylation is 1. The lowest BCUT2D eigenvalue weighted by atomic mass is 10.3. The summed E-state index contributed by atoms with van der Waals surface area (Å²) < 4.78 is 14.4. The van der Waals surface area contributed by atoms with E-state index in [1.54, 1.807) is 13.0 Å². The number of hydrogen-bond acceptors (Lipinski definition) is 4. The number of aliphatic hydroxyl groups is 1. The number of aromatic nitrogens is 2. The highest BCUT2D eigenvalue weighted by molar-refractivity contribution is 5.76. The van der Waals surface area contributed by atoms with E-state index in [9.17, 15) is 14.3 Å². The number of halogens is 1. The largest absolute Gasteiger partial charge is 0.388 e. The van der Waals surface area contributed by atoms with Crippen LogP contribution in [0.2, 0.25) is 0 Å². The number of β-amino-alcohol motifs (C(OH)–C–C–N with tert-alkyl or cyclic N) is 1. The number of rotatable bonds is 2. The number of aliphatic hydroxyl groups excluding tert-OH is 1. The molecule has 0 aliphatic carbocycles. The van der Waals surface area contributed by atoms with E-state index in [2.05, 4.69) is 5.10 Å². The number of nitrogen functional groups attached to an aromatic ring is 1. The Balaban J connectivity index is 2.00. The molecule has 0 radical (unpaired) electrons. The van der Waals surface area contributed by atoms with Gasteiger partial charge in [-0.3, -0.25) is 4.79 Å². The molecule has 94 valence electrons. The molecule has 7 heteroatoms. The van der Waals surface area contributed by atoms with Gasteiger partial charge >= 0.3 is 0 Å². The van der Waals surface area contributed by atoms with Crippen molar-refractivity contribution in [3.05, 3.63) is 11.8 Å². The molecule has 17 heavy (non-hydrogen) atoms. The van der Waals surface area contributed by atoms with Gasteiger partial charge in [-0.25, -0.2) is 9.07 Å². The Morgan fingerprint density at radius 2 is 2.41 bits per heavy atom. The second-order valence-electron chi connectivity index (χ2n) is 4.25. The molecular formula is C10H15FN4O2. The number of alkyl halides is 1. The van der Waals surface area contributed by atoms with Crippen LogP contribution in [-0.2, 0) is 11.3 Å². The van der Waals surface area contributed by atoms with Crippen molar-refractivity contribution in [1.29, 1.82) is 0 Å². The van der Waals surface area contributed by atoms with Crippen LogP contribution < -0.4 is 5.73 Å². The number of carbonyl (C=O) groups is 1. The lowest BCUT2D eigenvalue weighted by Gasteiger charge is -2.15. The van der Waals surface area contributed by atoms with Crippen LogP contribution in [0.15, 0.2) is 6.07 Å². The number of nitrogens with zero attached hydrogens (tertiary/aromatic N) is 3. The number of amides is 1. The standard InChI is InChI=1S/C10H15FN4O2/c1-6-2-9(12)15(13-6)5-10(17)14-3-7(11)8(16)4-14/h2,7-8,16H,3-5,12H2,1H3/t7-,8-/m1/s1. The van der Waals surface area contributed by atoms with Gasteiger partial charge in [0.1, 0.15) is 24.6 Å². The number of carbonyl (C=O) groups excluding carboxylic acids is 1. The normalized spacial score (nSPS) is 24.3. The number of hydrogen-bond donors (Lipinski definition) is 2. The van der Waals surface area contributed by atoms with Crippen LogP contribution in [0.25, 0.3) is 0 Å². The Bertz CT molecular complexity index is 424. The third kappa shape index (κ3) is 2.38. The summed E-state index contributed by atoms with van der Waals surface area (Å²) in [5.41, 5.74) is 6.37. The topological polar surface area (TPSA) is 84.4 Å². The van der Waals surface area contributed by atoms with Gasteiger partial charge in [0.2, 0.25) is 5.91 Å². The SMILES string of the molecule is Cc1cc(N)n(CC(=O)N2C[C@@H](O)[C@H](F)C2)n1. The van der Waals surface area contributed by atoms with Crippen LogP contribution in [0.3, 0.4) is 0 Å². The molecule has 1 aliphatic rings. The van der Waals surface area contributed by atoms with Gasteiger partial charge in [0.15, 0.2) is 0 Å². The monoisotopic (exact) mass is 242 g/mol. The van der Waals surface area contributed by atoms with Gasteiger partial charge in [0, 0.05) is 12.6 Å². The van der Waals surface area contributed by atoms with Gasteiger partial charge in [0.25, 0.3) is 0 Å². The van der Waals surface area contributed by atoms with E-state index in [-0.39, 0.29) is 25.5 Å². The van der Waals surface area contributed by atoms with Gasteiger partial charge in [-0.1, -0.05) is 0 Å². The van der Waals surface area contributed by atoms with E-state index in [1.165, 1.54) is 9.58 Å². The van der Waals surface area contributed by atoms with Gasteiger partial charge in [-0.15, -0.1) is 0 Å². The van der Waals surface area contributed by atoms with E-state index >= 15 is 0 Å². The first-order chi connectivity index (χ1) is 7.97. The first-order valence-electron chi connectivity index (χ1n) is 5.37. The lowest BCUT2D eigenvalue weighted by Crippen LogP contribution is -2.33. The molecule has 0 spiro atoms. The third-order valence-corrected chi connectivity index (χ3v) is 2.79. The summed E-state index contributed by atoms with van der Waals surface area (Å²) in [5, 5.41) is 13.3. The number of anilines is 1. The Kier molecular flexibility index (Phi) is 3.01. The van der Waals surface area contributed by atoms with Crippen LogP contribution in [-0.4, -0.2) is 51.1 Å². The van der Waals surface area contributed by atoms with Gasteiger partial charge < -0.3 is 15.7 Å². The minimum Gasteiger partial charge on any atom is -0.388 e. The van der Waals surface area contributed by atoms with Crippen LogP contribution >= 0.6 is 0 Å². The van der Waals surface area contributed by atoms with E-state index < -0.39 is 12.3 Å². The number of nitrogens with two attached hydrogens (primary N) is 1. The van der Waals surface area contributed by atoms with Crippen molar-refractivity contribution in [3.63, 3.8) is 0 Å². The van der Waals surface area contributed by atoms with Crippen molar-refractivity contribution in [2.45, 2.75) is 25.7 Å². The van der Waals surface area contributed by atoms with Crippen molar-refractivity contribution in [2.24, 2.45) is 0 Å². The van der Waals surface area contributed by atoms with Crippen molar-refractivity contribution in [2.75, 3.05) is 18.8 Å². The summed E-state index contributed by atoms with van der Waals surface area (Å²) >= 11 is 0. The Morgan fingerprint density at radius 1 is 1.71 bits per heavy atom. The molecule has 2 heterocycles. The Hall–Kier alpha value is -1.63. The molecule has 2 atom stereocenters. The average molecular weight is 242 g/mol. The first kappa shape index (κ1) is 11.8. The summed E-state index contributed by atoms with van der Waals surface area (Å²) in [6, 6.07) is 1.66. The Morgan fingerprint density at radius 3 is 2.88 bits per heavy atom. The minimum atomic E-state index is -1.37. The molecule has 0 saturated carbocycles. The highest BCUT2D eigenvalue weighted by Gasteiger charge is 2.34.